The number of ether oxygens (including phenoxy) is 2. The van der Waals surface area contributed by atoms with Gasteiger partial charge in [-0.05, 0) is 57.5 Å². The van der Waals surface area contributed by atoms with E-state index >= 15 is 4.39 Å². The van der Waals surface area contributed by atoms with Gasteiger partial charge in [0.25, 0.3) is 5.78 Å². The van der Waals surface area contributed by atoms with Crippen LogP contribution in [0.15, 0.2) is 48.0 Å². The number of hydrogen-bond acceptors (Lipinski definition) is 8. The number of rotatable bonds is 7. The van der Waals surface area contributed by atoms with Crippen molar-refractivity contribution in [2.24, 2.45) is 0 Å². The first-order valence-electron chi connectivity index (χ1n) is 11.6. The van der Waals surface area contributed by atoms with Gasteiger partial charge < -0.3 is 14.6 Å². The summed E-state index contributed by atoms with van der Waals surface area (Å²) in [6.07, 6.45) is 0. The number of ketones is 1. The maximum atomic E-state index is 15.1. The minimum atomic E-state index is -1.31. The van der Waals surface area contributed by atoms with Gasteiger partial charge in [-0.3, -0.25) is 14.5 Å². The number of aliphatic hydroxyl groups is 1. The zero-order valence-electron chi connectivity index (χ0n) is 20.7. The highest BCUT2D eigenvalue weighted by Gasteiger charge is 2.49. The second kappa shape index (κ2) is 10.5. The fourth-order valence-electron chi connectivity index (χ4n) is 4.16. The van der Waals surface area contributed by atoms with Crippen molar-refractivity contribution in [2.45, 2.75) is 33.7 Å². The molecule has 0 saturated carbocycles. The van der Waals surface area contributed by atoms with E-state index in [0.717, 1.165) is 16.2 Å². The van der Waals surface area contributed by atoms with E-state index in [0.29, 0.717) is 23.6 Å². The Hall–Kier alpha value is -4.05. The van der Waals surface area contributed by atoms with E-state index in [4.69, 9.17) is 9.47 Å². The third-order valence-corrected chi connectivity index (χ3v) is 6.98. The maximum absolute atomic E-state index is 15.1. The van der Waals surface area contributed by atoms with Gasteiger partial charge in [0.1, 0.15) is 28.2 Å². The van der Waals surface area contributed by atoms with Crippen molar-refractivity contribution in [3.63, 3.8) is 0 Å². The molecule has 1 aromatic heterocycles. The van der Waals surface area contributed by atoms with E-state index in [9.17, 15) is 19.5 Å². The first-order chi connectivity index (χ1) is 17.7. The summed E-state index contributed by atoms with van der Waals surface area (Å²) in [5, 5.41) is 11.3. The van der Waals surface area contributed by atoms with Crippen molar-refractivity contribution in [2.75, 3.05) is 18.1 Å². The zero-order chi connectivity index (χ0) is 26.9. The van der Waals surface area contributed by atoms with Crippen LogP contribution in [-0.2, 0) is 14.3 Å². The number of nitrogens with zero attached hydrogens (tertiary/aromatic N) is 2. The van der Waals surface area contributed by atoms with Crippen LogP contribution in [0.3, 0.4) is 0 Å². The molecule has 37 heavy (non-hydrogen) atoms. The van der Waals surface area contributed by atoms with Gasteiger partial charge in [0, 0.05) is 11.1 Å². The molecule has 1 atom stereocenters. The minimum absolute atomic E-state index is 0.00329. The third-order valence-electron chi connectivity index (χ3n) is 5.84. The van der Waals surface area contributed by atoms with Crippen molar-refractivity contribution in [3.8, 4) is 5.75 Å². The smallest absolute Gasteiger partial charge is 0.350 e. The highest BCUT2D eigenvalue weighted by atomic mass is 32.1. The third kappa shape index (κ3) is 4.72. The molecule has 2 aromatic carbocycles. The van der Waals surface area contributed by atoms with E-state index in [1.807, 2.05) is 6.92 Å². The Labute approximate surface area is 217 Å². The molecule has 0 spiro atoms. The average Bonchev–Trinajstić information content (AvgIpc) is 3.37. The summed E-state index contributed by atoms with van der Waals surface area (Å²) in [6, 6.07) is 9.20. The molecule has 192 valence electrons. The Morgan fingerprint density at radius 3 is 2.51 bits per heavy atom. The first kappa shape index (κ1) is 26.0. The van der Waals surface area contributed by atoms with Crippen LogP contribution in [0.25, 0.3) is 5.76 Å². The van der Waals surface area contributed by atoms with Crippen molar-refractivity contribution < 1.29 is 33.4 Å². The summed E-state index contributed by atoms with van der Waals surface area (Å²) in [5.41, 5.74) is 0.982. The van der Waals surface area contributed by atoms with E-state index in [1.165, 1.54) is 18.2 Å². The molecule has 0 radical (unpaired) electrons. The van der Waals surface area contributed by atoms with Crippen LogP contribution in [0.4, 0.5) is 9.52 Å². The quantitative estimate of drug-likeness (QED) is 0.198. The fraction of sp³-hybridized carbons (Fsp3) is 0.259. The molecule has 1 N–H and O–H groups in total. The maximum Gasteiger partial charge on any atom is 0.350 e. The molecule has 1 fully saturated rings. The Balaban J connectivity index is 1.91. The molecule has 0 bridgehead atoms. The largest absolute Gasteiger partial charge is 0.507 e. The van der Waals surface area contributed by atoms with E-state index in [1.54, 1.807) is 45.0 Å². The molecule has 2 heterocycles. The Morgan fingerprint density at radius 2 is 1.86 bits per heavy atom. The monoisotopic (exact) mass is 524 g/mol. The van der Waals surface area contributed by atoms with Crippen LogP contribution in [0.1, 0.15) is 51.9 Å². The van der Waals surface area contributed by atoms with Crippen molar-refractivity contribution in [1.29, 1.82) is 0 Å². The van der Waals surface area contributed by atoms with Gasteiger partial charge in [-0.1, -0.05) is 29.5 Å². The Kier molecular flexibility index (Phi) is 7.40. The lowest BCUT2D eigenvalue weighted by Gasteiger charge is -2.23. The molecule has 8 nitrogen and oxygen atoms in total. The van der Waals surface area contributed by atoms with Gasteiger partial charge in [0.15, 0.2) is 5.13 Å². The van der Waals surface area contributed by atoms with Gasteiger partial charge in [0.05, 0.1) is 24.5 Å². The van der Waals surface area contributed by atoms with Gasteiger partial charge >= 0.3 is 11.9 Å². The zero-order valence-corrected chi connectivity index (χ0v) is 21.5. The molecule has 10 heteroatoms. The second-order valence-corrected chi connectivity index (χ2v) is 9.21. The van der Waals surface area contributed by atoms with Crippen LogP contribution < -0.4 is 9.64 Å². The number of amides is 1. The molecule has 1 unspecified atom stereocenters. The molecule has 1 saturated heterocycles. The summed E-state index contributed by atoms with van der Waals surface area (Å²) in [5.74, 6) is -3.14. The van der Waals surface area contributed by atoms with Crippen LogP contribution in [0.5, 0.6) is 5.75 Å². The number of hydrogen-bond donors (Lipinski definition) is 1. The first-order valence-corrected chi connectivity index (χ1v) is 12.4. The number of anilines is 1. The van der Waals surface area contributed by atoms with Crippen molar-refractivity contribution in [3.05, 3.63) is 81.1 Å². The normalized spacial score (nSPS) is 16.8. The topological polar surface area (TPSA) is 106 Å². The summed E-state index contributed by atoms with van der Waals surface area (Å²) in [6.45, 7) is 7.46. The highest BCUT2D eigenvalue weighted by molar-refractivity contribution is 7.17. The lowest BCUT2D eigenvalue weighted by atomic mass is 9.94. The molecular formula is C27H25FN2O6S. The molecule has 1 aliphatic rings. The number of carbonyl (C=O) groups is 3. The average molecular weight is 525 g/mol. The number of thiazole rings is 1. The summed E-state index contributed by atoms with van der Waals surface area (Å²) in [7, 11) is 0. The highest BCUT2D eigenvalue weighted by Crippen LogP contribution is 2.44. The van der Waals surface area contributed by atoms with Gasteiger partial charge in [-0.2, -0.15) is 0 Å². The number of esters is 1. The number of benzene rings is 2. The Morgan fingerprint density at radius 1 is 1.14 bits per heavy atom. The van der Waals surface area contributed by atoms with E-state index in [-0.39, 0.29) is 33.3 Å². The van der Waals surface area contributed by atoms with Crippen LogP contribution in [-0.4, -0.2) is 41.0 Å². The lowest BCUT2D eigenvalue weighted by Crippen LogP contribution is -2.29. The van der Waals surface area contributed by atoms with Crippen molar-refractivity contribution >= 4 is 39.9 Å². The molecule has 4 rings (SSSR count). The van der Waals surface area contributed by atoms with E-state index < -0.39 is 35.3 Å². The van der Waals surface area contributed by atoms with Crippen LogP contribution >= 0.6 is 11.3 Å². The molecular weight excluding hydrogens is 499 g/mol. The summed E-state index contributed by atoms with van der Waals surface area (Å²) < 4.78 is 25.7. The van der Waals surface area contributed by atoms with Gasteiger partial charge in [0.2, 0.25) is 0 Å². The minimum Gasteiger partial charge on any atom is -0.507 e. The number of aromatic nitrogens is 1. The number of aliphatic hydroxyl groups excluding tert-OH is 1. The van der Waals surface area contributed by atoms with Crippen LogP contribution in [0, 0.1) is 19.7 Å². The standard InChI is InChI=1S/C27H25FN2O6S/c1-5-35-19-12-11-16(13-14(19)3)22(31)20-21(17-9-7-8-10-18(17)28)30(25(33)23(20)32)27-29-15(4)24(37-27)26(34)36-6-2/h7-13,21,31H,5-6H2,1-4H3/b22-20+. The molecule has 1 aliphatic heterocycles. The SMILES string of the molecule is CCOC(=O)c1sc(N2C(=O)C(=O)/C(=C(/O)c3ccc(OCC)c(C)c3)C2c2ccccc2F)nc1C. The molecule has 0 aliphatic carbocycles. The van der Waals surface area contributed by atoms with E-state index in [2.05, 4.69) is 4.98 Å². The predicted octanol–water partition coefficient (Wildman–Crippen LogP) is 5.10. The number of Topliss-reactive ketones (excluding diaryl/α,β-unsaturated/α-hetero) is 1. The van der Waals surface area contributed by atoms with Crippen LogP contribution in [0.2, 0.25) is 0 Å². The van der Waals surface area contributed by atoms with Gasteiger partial charge in [-0.25, -0.2) is 14.2 Å². The summed E-state index contributed by atoms with van der Waals surface area (Å²) >= 11 is 0.858. The number of carbonyl (C=O) groups excluding carboxylic acids is 3. The van der Waals surface area contributed by atoms with Gasteiger partial charge in [-0.15, -0.1) is 0 Å². The molecule has 1 amide bonds. The lowest BCUT2D eigenvalue weighted by molar-refractivity contribution is -0.132. The number of halogens is 1. The van der Waals surface area contributed by atoms with Crippen molar-refractivity contribution in [1.82, 2.24) is 4.98 Å². The predicted molar refractivity (Wildman–Crippen MR) is 136 cm³/mol. The fourth-order valence-corrected chi connectivity index (χ4v) is 5.15. The molecule has 3 aromatic rings. The number of aryl methyl sites for hydroxylation is 2. The Bertz CT molecular complexity index is 1430. The summed E-state index contributed by atoms with van der Waals surface area (Å²) in [4.78, 5) is 44.5. The second-order valence-electron chi connectivity index (χ2n) is 8.24.